The van der Waals surface area contributed by atoms with Crippen molar-refractivity contribution in [2.45, 2.75) is 31.3 Å². The lowest BCUT2D eigenvalue weighted by Crippen LogP contribution is -2.31. The number of ether oxygens (including phenoxy) is 1. The molecule has 27 heavy (non-hydrogen) atoms. The molecule has 1 heterocycles. The van der Waals surface area contributed by atoms with Crippen molar-refractivity contribution >= 4 is 57.7 Å². The second-order valence-corrected chi connectivity index (χ2v) is 9.04. The van der Waals surface area contributed by atoms with Gasteiger partial charge >= 0.3 is 5.97 Å². The minimum absolute atomic E-state index is 0.0853. The van der Waals surface area contributed by atoms with Crippen molar-refractivity contribution in [2.24, 2.45) is 0 Å². The molecule has 0 saturated heterocycles. The number of hydrogen-bond donors (Lipinski definition) is 1. The van der Waals surface area contributed by atoms with E-state index in [1.165, 1.54) is 11.9 Å². The summed E-state index contributed by atoms with van der Waals surface area (Å²) in [5.74, 6) is -0.308. The average molecular weight is 423 g/mol. The van der Waals surface area contributed by atoms with Gasteiger partial charge in [0.05, 0.1) is 0 Å². The van der Waals surface area contributed by atoms with Gasteiger partial charge in [0.25, 0.3) is 0 Å². The first kappa shape index (κ1) is 19.9. The zero-order valence-corrected chi connectivity index (χ0v) is 17.6. The van der Waals surface area contributed by atoms with Crippen LogP contribution in [-0.2, 0) is 9.53 Å². The highest BCUT2D eigenvalue weighted by Gasteiger charge is 2.21. The maximum absolute atomic E-state index is 12.4. The molecule has 0 amide bonds. The number of H-pyrrole nitrogens is 1. The molecule has 0 aliphatic heterocycles. The van der Waals surface area contributed by atoms with Gasteiger partial charge in [-0.15, -0.1) is 0 Å². The van der Waals surface area contributed by atoms with E-state index >= 15 is 0 Å². The van der Waals surface area contributed by atoms with Crippen molar-refractivity contribution in [3.05, 3.63) is 58.7 Å². The molecule has 1 aromatic heterocycles. The number of benzene rings is 2. The van der Waals surface area contributed by atoms with Crippen LogP contribution in [0.4, 0.5) is 5.69 Å². The topological polar surface area (TPSA) is 45.3 Å². The highest BCUT2D eigenvalue weighted by molar-refractivity contribution is 8.00. The Hall–Kier alpha value is -1.82. The van der Waals surface area contributed by atoms with Gasteiger partial charge in [-0.25, -0.2) is 0 Å². The smallest absolute Gasteiger partial charge is 0.327 e. The van der Waals surface area contributed by atoms with Crippen LogP contribution < -0.4 is 4.31 Å². The van der Waals surface area contributed by atoms with Crippen molar-refractivity contribution in [1.29, 1.82) is 0 Å². The van der Waals surface area contributed by atoms with E-state index < -0.39 is 5.60 Å². The highest BCUT2D eigenvalue weighted by atomic mass is 35.5. The number of esters is 1. The Balaban J connectivity index is 1.90. The predicted molar refractivity (Wildman–Crippen MR) is 114 cm³/mol. The van der Waals surface area contributed by atoms with Gasteiger partial charge in [-0.1, -0.05) is 23.2 Å². The first-order valence-electron chi connectivity index (χ1n) is 8.40. The van der Waals surface area contributed by atoms with Crippen LogP contribution in [0.15, 0.2) is 53.6 Å². The fourth-order valence-corrected chi connectivity index (χ4v) is 4.23. The van der Waals surface area contributed by atoms with Gasteiger partial charge in [0, 0.05) is 37.7 Å². The number of carbonyl (C=O) groups excluding carboxylic acids is 1. The fourth-order valence-electron chi connectivity index (χ4n) is 2.57. The molecule has 0 saturated carbocycles. The molecule has 3 rings (SSSR count). The molecule has 0 bridgehead atoms. The van der Waals surface area contributed by atoms with Gasteiger partial charge in [-0.05, 0) is 75.2 Å². The molecule has 0 fully saturated rings. The number of nitrogens with one attached hydrogen (secondary N) is 1. The molecule has 0 aliphatic rings. The van der Waals surface area contributed by atoms with Gasteiger partial charge in [0.1, 0.15) is 12.1 Å². The molecule has 0 unspecified atom stereocenters. The Bertz CT molecular complexity index is 946. The molecule has 0 spiro atoms. The van der Waals surface area contributed by atoms with E-state index in [0.29, 0.717) is 10.0 Å². The fraction of sp³-hybridized carbons (Fsp3) is 0.250. The lowest BCUT2D eigenvalue weighted by atomic mass is 10.2. The number of halogens is 2. The number of rotatable bonds is 5. The summed E-state index contributed by atoms with van der Waals surface area (Å²) in [5.41, 5.74) is 1.37. The molecular formula is C20H20Cl2N2O2S. The molecule has 1 N–H and O–H groups in total. The summed E-state index contributed by atoms with van der Waals surface area (Å²) in [7, 11) is 0. The first-order valence-corrected chi connectivity index (χ1v) is 9.93. The Morgan fingerprint density at radius 2 is 1.81 bits per heavy atom. The second-order valence-electron chi connectivity index (χ2n) is 7.07. The van der Waals surface area contributed by atoms with Crippen LogP contribution in [0.3, 0.4) is 0 Å². The van der Waals surface area contributed by atoms with Gasteiger partial charge < -0.3 is 14.0 Å². The minimum atomic E-state index is -0.544. The summed E-state index contributed by atoms with van der Waals surface area (Å²) in [6.07, 6.45) is 1.89. The summed E-state index contributed by atoms with van der Waals surface area (Å²) in [5, 5.41) is 2.15. The molecule has 0 radical (unpaired) electrons. The molecular weight excluding hydrogens is 403 g/mol. The van der Waals surface area contributed by atoms with Crippen molar-refractivity contribution < 1.29 is 9.53 Å². The molecule has 0 aliphatic carbocycles. The van der Waals surface area contributed by atoms with Gasteiger partial charge in [-0.2, -0.15) is 0 Å². The van der Waals surface area contributed by atoms with Crippen LogP contribution in [0.1, 0.15) is 20.8 Å². The first-order chi connectivity index (χ1) is 12.7. The second kappa shape index (κ2) is 8.05. The highest BCUT2D eigenvalue weighted by Crippen LogP contribution is 2.34. The van der Waals surface area contributed by atoms with Crippen molar-refractivity contribution in [3.8, 4) is 0 Å². The molecule has 142 valence electrons. The van der Waals surface area contributed by atoms with Crippen LogP contribution in [0.25, 0.3) is 10.9 Å². The predicted octanol–water partition coefficient (Wildman–Crippen LogP) is 6.33. The Kier molecular flexibility index (Phi) is 5.94. The quantitative estimate of drug-likeness (QED) is 0.385. The summed E-state index contributed by atoms with van der Waals surface area (Å²) in [6, 6.07) is 13.3. The maximum atomic E-state index is 12.4. The van der Waals surface area contributed by atoms with E-state index in [2.05, 4.69) is 4.98 Å². The standard InChI is InChI=1S/C20H20Cl2N2O2S/c1-20(2,3)26-19(25)12-24(27-17-10-14(21)9-15(22)11-17)16-4-5-18-13(8-16)6-7-23-18/h4-11,23H,12H2,1-3H3. The summed E-state index contributed by atoms with van der Waals surface area (Å²) in [4.78, 5) is 16.5. The third-order valence-electron chi connectivity index (χ3n) is 3.57. The van der Waals surface area contributed by atoms with Gasteiger partial charge in [0.15, 0.2) is 0 Å². The number of aromatic nitrogens is 1. The van der Waals surface area contributed by atoms with Crippen LogP contribution in [0.5, 0.6) is 0 Å². The third kappa shape index (κ3) is 5.58. The van der Waals surface area contributed by atoms with E-state index in [-0.39, 0.29) is 12.5 Å². The minimum Gasteiger partial charge on any atom is -0.459 e. The van der Waals surface area contributed by atoms with Gasteiger partial charge in [-0.3, -0.25) is 4.79 Å². The number of carbonyl (C=O) groups is 1. The lowest BCUT2D eigenvalue weighted by Gasteiger charge is -2.26. The third-order valence-corrected chi connectivity index (χ3v) is 5.01. The number of hydrogen-bond acceptors (Lipinski definition) is 4. The van der Waals surface area contributed by atoms with Gasteiger partial charge in [0.2, 0.25) is 0 Å². The van der Waals surface area contributed by atoms with Crippen molar-refractivity contribution in [3.63, 3.8) is 0 Å². The normalized spacial score (nSPS) is 11.6. The zero-order valence-electron chi connectivity index (χ0n) is 15.3. The maximum Gasteiger partial charge on any atom is 0.327 e. The Morgan fingerprint density at radius 3 is 2.48 bits per heavy atom. The number of nitrogens with zero attached hydrogens (tertiary/aromatic N) is 1. The zero-order chi connectivity index (χ0) is 19.6. The number of aromatic amines is 1. The van der Waals surface area contributed by atoms with E-state index in [1.54, 1.807) is 6.07 Å². The van der Waals surface area contributed by atoms with E-state index in [9.17, 15) is 4.79 Å². The summed E-state index contributed by atoms with van der Waals surface area (Å²) >= 11 is 13.6. The SMILES string of the molecule is CC(C)(C)OC(=O)CN(Sc1cc(Cl)cc(Cl)c1)c1ccc2[nH]ccc2c1. The van der Waals surface area contributed by atoms with Crippen LogP contribution >= 0.6 is 35.1 Å². The van der Waals surface area contributed by atoms with E-state index in [4.69, 9.17) is 27.9 Å². The summed E-state index contributed by atoms with van der Waals surface area (Å²) < 4.78 is 7.37. The molecule has 4 nitrogen and oxygen atoms in total. The van der Waals surface area contributed by atoms with Crippen LogP contribution in [0, 0.1) is 0 Å². The largest absolute Gasteiger partial charge is 0.459 e. The molecule has 0 atom stereocenters. The van der Waals surface area contributed by atoms with Crippen LogP contribution in [-0.4, -0.2) is 23.1 Å². The number of fused-ring (bicyclic) bond motifs is 1. The monoisotopic (exact) mass is 422 g/mol. The van der Waals surface area contributed by atoms with Crippen molar-refractivity contribution in [1.82, 2.24) is 4.98 Å². The van der Waals surface area contributed by atoms with E-state index in [1.807, 2.05) is 67.7 Å². The average Bonchev–Trinajstić information content (AvgIpc) is 2.98. The molecule has 7 heteroatoms. The Labute approximate surface area is 172 Å². The lowest BCUT2D eigenvalue weighted by molar-refractivity contribution is -0.152. The Morgan fingerprint density at radius 1 is 1.11 bits per heavy atom. The molecule has 2 aromatic carbocycles. The van der Waals surface area contributed by atoms with Crippen LogP contribution in [0.2, 0.25) is 10.0 Å². The number of anilines is 1. The van der Waals surface area contributed by atoms with E-state index in [0.717, 1.165) is 21.5 Å². The van der Waals surface area contributed by atoms with Crippen molar-refractivity contribution in [2.75, 3.05) is 10.8 Å². The summed E-state index contributed by atoms with van der Waals surface area (Å²) in [6.45, 7) is 5.64. The molecule has 3 aromatic rings.